The maximum absolute atomic E-state index is 11.5. The number of phenolic OH excluding ortho intramolecular Hbond substituents is 1. The lowest BCUT2D eigenvalue weighted by Crippen LogP contribution is -2.59. The summed E-state index contributed by atoms with van der Waals surface area (Å²) in [6, 6.07) is 5.95. The Balaban J connectivity index is 2.02. The highest BCUT2D eigenvalue weighted by Gasteiger charge is 2.44. The van der Waals surface area contributed by atoms with E-state index in [2.05, 4.69) is 0 Å². The third-order valence-corrected chi connectivity index (χ3v) is 6.64. The summed E-state index contributed by atoms with van der Waals surface area (Å²) in [5, 5.41) is 71.2. The Morgan fingerprint density at radius 1 is 0.833 bits per heavy atom. The normalized spacial score (nSPS) is 23.8. The van der Waals surface area contributed by atoms with Gasteiger partial charge in [-0.3, -0.25) is 0 Å². The highest BCUT2D eigenvalue weighted by Crippen LogP contribution is 2.43. The van der Waals surface area contributed by atoms with Gasteiger partial charge in [-0.05, 0) is 35.4 Å². The molecule has 0 spiro atoms. The van der Waals surface area contributed by atoms with E-state index < -0.39 is 56.1 Å². The molecular weight excluding hydrogens is 560 g/mol. The Morgan fingerprint density at radius 2 is 1.40 bits per heavy atom. The summed E-state index contributed by atoms with van der Waals surface area (Å²) in [6.45, 7) is -1.33. The highest BCUT2D eigenvalue weighted by atomic mass is 16.7. The molecule has 0 radical (unpaired) electrons. The van der Waals surface area contributed by atoms with E-state index in [9.17, 15) is 30.6 Å². The third-order valence-electron chi connectivity index (χ3n) is 6.64. The summed E-state index contributed by atoms with van der Waals surface area (Å²) < 4.78 is 38.7. The zero-order valence-corrected chi connectivity index (χ0v) is 23.6. The molecule has 234 valence electrons. The fraction of sp³-hybridized carbons (Fsp3) is 0.500. The van der Waals surface area contributed by atoms with Gasteiger partial charge in [0, 0.05) is 0 Å². The molecule has 0 saturated carbocycles. The van der Waals surface area contributed by atoms with Gasteiger partial charge in [0.25, 0.3) is 0 Å². The van der Waals surface area contributed by atoms with Crippen molar-refractivity contribution in [3.63, 3.8) is 0 Å². The van der Waals surface area contributed by atoms with Crippen LogP contribution in [-0.4, -0.2) is 121 Å². The number of methoxy groups -OCH3 is 4. The largest absolute Gasteiger partial charge is 0.502 e. The standard InChI is InChI=1S/C28H38O14/c1-36-16-10-15(11-17(37-2)23(16)32)22(31)21(13-40-28-26(35)25(34)24(33)20(12-30)42-28)41-27-18(38-3)8-14(6-5-7-29)9-19(27)39-4/h5-6,8-11,20-22,24-26,28-35H,7,12-13H2,1-4H3/t20-,21?,22?,24-,25+,26-,28+/m1/s1. The van der Waals surface area contributed by atoms with E-state index in [4.69, 9.17) is 38.3 Å². The summed E-state index contributed by atoms with van der Waals surface area (Å²) in [4.78, 5) is 0. The van der Waals surface area contributed by atoms with E-state index in [-0.39, 0.29) is 46.7 Å². The van der Waals surface area contributed by atoms with E-state index in [0.717, 1.165) is 0 Å². The summed E-state index contributed by atoms with van der Waals surface area (Å²) >= 11 is 0. The van der Waals surface area contributed by atoms with Gasteiger partial charge in [-0.25, -0.2) is 0 Å². The van der Waals surface area contributed by atoms with E-state index in [1.54, 1.807) is 18.2 Å². The minimum Gasteiger partial charge on any atom is -0.502 e. The van der Waals surface area contributed by atoms with Gasteiger partial charge >= 0.3 is 0 Å². The molecule has 0 amide bonds. The predicted octanol–water partition coefficient (Wildman–Crippen LogP) is -0.270. The minimum atomic E-state index is -1.70. The van der Waals surface area contributed by atoms with Crippen LogP contribution in [0.4, 0.5) is 0 Å². The molecule has 0 aromatic heterocycles. The van der Waals surface area contributed by atoms with Gasteiger partial charge in [-0.1, -0.05) is 12.2 Å². The highest BCUT2D eigenvalue weighted by molar-refractivity contribution is 5.62. The van der Waals surface area contributed by atoms with Crippen molar-refractivity contribution >= 4 is 6.08 Å². The molecule has 14 nitrogen and oxygen atoms in total. The van der Waals surface area contributed by atoms with Crippen molar-refractivity contribution in [1.82, 2.24) is 0 Å². The number of aliphatic hydroxyl groups is 6. The molecule has 7 N–H and O–H groups in total. The molecule has 2 aromatic carbocycles. The number of hydrogen-bond acceptors (Lipinski definition) is 14. The number of benzene rings is 2. The van der Waals surface area contributed by atoms with Gasteiger partial charge in [-0.2, -0.15) is 0 Å². The van der Waals surface area contributed by atoms with Crippen LogP contribution in [0.1, 0.15) is 17.2 Å². The summed E-state index contributed by atoms with van der Waals surface area (Å²) in [5.74, 6) is 0.205. The van der Waals surface area contributed by atoms with E-state index in [1.165, 1.54) is 46.6 Å². The van der Waals surface area contributed by atoms with Crippen LogP contribution >= 0.6 is 0 Å². The zero-order valence-electron chi connectivity index (χ0n) is 23.6. The molecule has 0 aliphatic carbocycles. The quantitative estimate of drug-likeness (QED) is 0.150. The first kappa shape index (κ1) is 33.2. The van der Waals surface area contributed by atoms with Crippen LogP contribution in [0.15, 0.2) is 30.3 Å². The molecule has 1 aliphatic heterocycles. The molecule has 2 aromatic rings. The Labute approximate surface area is 242 Å². The molecule has 0 bridgehead atoms. The van der Waals surface area contributed by atoms with E-state index in [0.29, 0.717) is 5.56 Å². The van der Waals surface area contributed by atoms with Crippen LogP contribution in [0, 0.1) is 0 Å². The summed E-state index contributed by atoms with van der Waals surface area (Å²) in [7, 11) is 5.44. The minimum absolute atomic E-state index is 0.00665. The first-order chi connectivity index (χ1) is 20.1. The second kappa shape index (κ2) is 15.2. The van der Waals surface area contributed by atoms with Crippen LogP contribution in [0.3, 0.4) is 0 Å². The topological polar surface area (TPSA) is 206 Å². The molecule has 2 unspecified atom stereocenters. The number of aromatic hydroxyl groups is 1. The maximum Gasteiger partial charge on any atom is 0.204 e. The monoisotopic (exact) mass is 598 g/mol. The van der Waals surface area contributed by atoms with Crippen molar-refractivity contribution in [2.45, 2.75) is 42.9 Å². The van der Waals surface area contributed by atoms with Gasteiger partial charge in [-0.15, -0.1) is 0 Å². The molecule has 7 atom stereocenters. The van der Waals surface area contributed by atoms with Gasteiger partial charge in [0.15, 0.2) is 35.4 Å². The van der Waals surface area contributed by atoms with Crippen molar-refractivity contribution in [3.05, 3.63) is 41.5 Å². The van der Waals surface area contributed by atoms with Crippen molar-refractivity contribution in [3.8, 4) is 34.5 Å². The van der Waals surface area contributed by atoms with Gasteiger partial charge in [0.05, 0.1) is 48.3 Å². The Morgan fingerprint density at radius 3 is 1.90 bits per heavy atom. The third kappa shape index (κ3) is 7.35. The van der Waals surface area contributed by atoms with Crippen molar-refractivity contribution < 1.29 is 68.9 Å². The SMILES string of the molecule is COc1cc(C(O)C(CO[C@H]2O[C@H](CO)[C@@H](O)[C@H](O)[C@H]2O)Oc2c(OC)cc(C=CCO)cc2OC)cc(OC)c1O. The number of rotatable bonds is 14. The van der Waals surface area contributed by atoms with Gasteiger partial charge in [0.2, 0.25) is 11.5 Å². The lowest BCUT2D eigenvalue weighted by molar-refractivity contribution is -0.305. The summed E-state index contributed by atoms with van der Waals surface area (Å²) in [6.07, 6.45) is -7.35. The maximum atomic E-state index is 11.5. The Hall–Kier alpha value is -3.34. The van der Waals surface area contributed by atoms with Crippen LogP contribution in [-0.2, 0) is 9.47 Å². The van der Waals surface area contributed by atoms with Crippen LogP contribution in [0.5, 0.6) is 34.5 Å². The van der Waals surface area contributed by atoms with Crippen molar-refractivity contribution in [2.75, 3.05) is 48.3 Å². The average Bonchev–Trinajstić information content (AvgIpc) is 3.01. The molecule has 14 heteroatoms. The van der Waals surface area contributed by atoms with E-state index in [1.807, 2.05) is 0 Å². The van der Waals surface area contributed by atoms with Gasteiger partial charge in [0.1, 0.15) is 30.5 Å². The molecular formula is C28H38O14. The molecule has 1 saturated heterocycles. The lowest BCUT2D eigenvalue weighted by atomic mass is 9.99. The summed E-state index contributed by atoms with van der Waals surface area (Å²) in [5.41, 5.74) is 0.803. The first-order valence-corrected chi connectivity index (χ1v) is 12.9. The van der Waals surface area contributed by atoms with Crippen LogP contribution in [0.25, 0.3) is 6.08 Å². The Kier molecular flexibility index (Phi) is 12.0. The number of phenols is 1. The first-order valence-electron chi connectivity index (χ1n) is 12.9. The fourth-order valence-electron chi connectivity index (χ4n) is 4.34. The zero-order chi connectivity index (χ0) is 31.0. The molecule has 1 fully saturated rings. The average molecular weight is 599 g/mol. The van der Waals surface area contributed by atoms with Crippen LogP contribution < -0.4 is 23.7 Å². The molecule has 42 heavy (non-hydrogen) atoms. The second-order valence-electron chi connectivity index (χ2n) is 9.25. The lowest BCUT2D eigenvalue weighted by Gasteiger charge is -2.40. The predicted molar refractivity (Wildman–Crippen MR) is 146 cm³/mol. The van der Waals surface area contributed by atoms with E-state index >= 15 is 0 Å². The smallest absolute Gasteiger partial charge is 0.204 e. The molecule has 1 aliphatic rings. The van der Waals surface area contributed by atoms with Crippen LogP contribution in [0.2, 0.25) is 0 Å². The number of hydrogen-bond donors (Lipinski definition) is 7. The Bertz CT molecular complexity index is 1140. The second-order valence-corrected chi connectivity index (χ2v) is 9.25. The van der Waals surface area contributed by atoms with Crippen molar-refractivity contribution in [2.24, 2.45) is 0 Å². The molecule has 3 rings (SSSR count). The van der Waals surface area contributed by atoms with Gasteiger partial charge < -0.3 is 68.9 Å². The number of ether oxygens (including phenoxy) is 7. The number of aliphatic hydroxyl groups excluding tert-OH is 6. The molecule has 1 heterocycles. The fourth-order valence-corrected chi connectivity index (χ4v) is 4.34. The van der Waals surface area contributed by atoms with Crippen molar-refractivity contribution in [1.29, 1.82) is 0 Å².